The molecular formula is C14H21F2NO2. The summed E-state index contributed by atoms with van der Waals surface area (Å²) in [6.45, 7) is 1.04. The molecule has 0 amide bonds. The first-order valence-corrected chi connectivity index (χ1v) is 6.51. The van der Waals surface area contributed by atoms with E-state index in [4.69, 9.17) is 5.11 Å². The summed E-state index contributed by atoms with van der Waals surface area (Å²) in [6, 6.07) is 6.60. The summed E-state index contributed by atoms with van der Waals surface area (Å²) in [5, 5.41) is 12.2. The highest BCUT2D eigenvalue weighted by Crippen LogP contribution is 2.15. The molecule has 0 spiro atoms. The lowest BCUT2D eigenvalue weighted by Crippen LogP contribution is -2.22. The van der Waals surface area contributed by atoms with Gasteiger partial charge in [-0.25, -0.2) is 0 Å². The zero-order valence-electron chi connectivity index (χ0n) is 11.1. The number of alkyl halides is 2. The third kappa shape index (κ3) is 6.50. The van der Waals surface area contributed by atoms with E-state index >= 15 is 0 Å². The van der Waals surface area contributed by atoms with Crippen LogP contribution in [0.1, 0.15) is 25.3 Å². The summed E-state index contributed by atoms with van der Waals surface area (Å²) in [5.41, 5.74) is 1.01. The highest BCUT2D eigenvalue weighted by molar-refractivity contribution is 5.27. The molecule has 19 heavy (non-hydrogen) atoms. The Balaban J connectivity index is 2.33. The van der Waals surface area contributed by atoms with Gasteiger partial charge < -0.3 is 15.2 Å². The molecule has 1 aromatic carbocycles. The van der Waals surface area contributed by atoms with Crippen LogP contribution in [0.5, 0.6) is 5.75 Å². The van der Waals surface area contributed by atoms with Crippen molar-refractivity contribution in [3.63, 3.8) is 0 Å². The van der Waals surface area contributed by atoms with Crippen LogP contribution >= 0.6 is 0 Å². The lowest BCUT2D eigenvalue weighted by atomic mass is 10.0. The second kappa shape index (κ2) is 8.82. The van der Waals surface area contributed by atoms with Crippen molar-refractivity contribution < 1.29 is 18.6 Å². The Hall–Kier alpha value is -1.20. The minimum Gasteiger partial charge on any atom is -0.435 e. The molecule has 0 heterocycles. The number of benzene rings is 1. The predicted molar refractivity (Wildman–Crippen MR) is 70.3 cm³/mol. The average Bonchev–Trinajstić information content (AvgIpc) is 2.39. The molecule has 0 aromatic heterocycles. The molecule has 3 nitrogen and oxygen atoms in total. The molecule has 0 fully saturated rings. The Morgan fingerprint density at radius 1 is 1.26 bits per heavy atom. The molecule has 0 saturated carbocycles. The second-order valence-electron chi connectivity index (χ2n) is 4.44. The summed E-state index contributed by atoms with van der Waals surface area (Å²) in [7, 11) is 0. The molecule has 0 aliphatic rings. The van der Waals surface area contributed by atoms with Gasteiger partial charge in [-0.05, 0) is 36.6 Å². The summed E-state index contributed by atoms with van der Waals surface area (Å²) in [6.07, 6.45) is 1.82. The van der Waals surface area contributed by atoms with E-state index in [1.165, 1.54) is 12.1 Å². The minimum atomic E-state index is -2.78. The van der Waals surface area contributed by atoms with Crippen molar-refractivity contribution in [1.82, 2.24) is 5.32 Å². The molecule has 1 unspecified atom stereocenters. The van der Waals surface area contributed by atoms with E-state index in [0.717, 1.165) is 24.9 Å². The molecule has 0 bridgehead atoms. The van der Waals surface area contributed by atoms with Gasteiger partial charge in [0.05, 0.1) is 0 Å². The minimum absolute atomic E-state index is 0.172. The van der Waals surface area contributed by atoms with Gasteiger partial charge in [0.2, 0.25) is 0 Å². The van der Waals surface area contributed by atoms with E-state index in [1.807, 2.05) is 0 Å². The number of hydrogen-bond donors (Lipinski definition) is 2. The van der Waals surface area contributed by atoms with E-state index < -0.39 is 6.61 Å². The fraction of sp³-hybridized carbons (Fsp3) is 0.571. The van der Waals surface area contributed by atoms with E-state index in [9.17, 15) is 8.78 Å². The fourth-order valence-electron chi connectivity index (χ4n) is 1.84. The van der Waals surface area contributed by atoms with Crippen molar-refractivity contribution in [2.75, 3.05) is 13.2 Å². The maximum absolute atomic E-state index is 12.0. The SMILES string of the molecule is CCC(CCO)CNCc1ccc(OC(F)F)cc1. The van der Waals surface area contributed by atoms with Gasteiger partial charge >= 0.3 is 6.61 Å². The lowest BCUT2D eigenvalue weighted by Gasteiger charge is -2.14. The van der Waals surface area contributed by atoms with Crippen LogP contribution in [0, 0.1) is 5.92 Å². The topological polar surface area (TPSA) is 41.5 Å². The van der Waals surface area contributed by atoms with Crippen LogP contribution in [0.15, 0.2) is 24.3 Å². The van der Waals surface area contributed by atoms with Crippen LogP contribution in [0.2, 0.25) is 0 Å². The zero-order chi connectivity index (χ0) is 14.1. The normalized spacial score (nSPS) is 12.7. The number of aliphatic hydroxyl groups excluding tert-OH is 1. The second-order valence-corrected chi connectivity index (χ2v) is 4.44. The molecule has 0 aliphatic heterocycles. The van der Waals surface area contributed by atoms with Gasteiger partial charge in [0, 0.05) is 13.2 Å². The Morgan fingerprint density at radius 2 is 1.95 bits per heavy atom. The molecule has 1 atom stereocenters. The van der Waals surface area contributed by atoms with Crippen LogP contribution in [-0.4, -0.2) is 24.9 Å². The number of rotatable bonds is 9. The summed E-state index contributed by atoms with van der Waals surface area (Å²) in [5.74, 6) is 0.636. The maximum Gasteiger partial charge on any atom is 0.387 e. The first-order valence-electron chi connectivity index (χ1n) is 6.51. The largest absolute Gasteiger partial charge is 0.435 e. The van der Waals surface area contributed by atoms with E-state index in [1.54, 1.807) is 12.1 Å². The molecule has 1 aromatic rings. The van der Waals surface area contributed by atoms with Gasteiger partial charge in [-0.1, -0.05) is 25.5 Å². The Labute approximate surface area is 112 Å². The van der Waals surface area contributed by atoms with Gasteiger partial charge in [-0.15, -0.1) is 0 Å². The highest BCUT2D eigenvalue weighted by Gasteiger charge is 2.06. The number of ether oxygens (including phenoxy) is 1. The third-order valence-corrected chi connectivity index (χ3v) is 3.03. The van der Waals surface area contributed by atoms with Crippen LogP contribution in [0.3, 0.4) is 0 Å². The fourth-order valence-corrected chi connectivity index (χ4v) is 1.84. The van der Waals surface area contributed by atoms with Crippen molar-refractivity contribution in [3.05, 3.63) is 29.8 Å². The van der Waals surface area contributed by atoms with Gasteiger partial charge in [-0.2, -0.15) is 8.78 Å². The standard InChI is InChI=1S/C14H21F2NO2/c1-2-11(7-8-18)9-17-10-12-3-5-13(6-4-12)19-14(15)16/h3-6,11,14,17-18H,2,7-10H2,1H3. The van der Waals surface area contributed by atoms with Crippen molar-refractivity contribution in [2.45, 2.75) is 32.9 Å². The average molecular weight is 273 g/mol. The third-order valence-electron chi connectivity index (χ3n) is 3.03. The van der Waals surface area contributed by atoms with Crippen molar-refractivity contribution in [2.24, 2.45) is 5.92 Å². The molecule has 0 radical (unpaired) electrons. The van der Waals surface area contributed by atoms with Gasteiger partial charge in [0.15, 0.2) is 0 Å². The number of hydrogen-bond acceptors (Lipinski definition) is 3. The number of halogens is 2. The van der Waals surface area contributed by atoms with Crippen molar-refractivity contribution >= 4 is 0 Å². The molecule has 0 saturated heterocycles. The van der Waals surface area contributed by atoms with Gasteiger partial charge in [0.25, 0.3) is 0 Å². The Bertz CT molecular complexity index is 344. The predicted octanol–water partition coefficient (Wildman–Crippen LogP) is 2.79. The summed E-state index contributed by atoms with van der Waals surface area (Å²) >= 11 is 0. The highest BCUT2D eigenvalue weighted by atomic mass is 19.3. The maximum atomic E-state index is 12.0. The monoisotopic (exact) mass is 273 g/mol. The number of nitrogens with one attached hydrogen (secondary N) is 1. The summed E-state index contributed by atoms with van der Waals surface area (Å²) in [4.78, 5) is 0. The first kappa shape index (κ1) is 15.9. The molecule has 108 valence electrons. The van der Waals surface area contributed by atoms with Crippen LogP contribution < -0.4 is 10.1 Å². The molecule has 5 heteroatoms. The van der Waals surface area contributed by atoms with Crippen molar-refractivity contribution in [3.8, 4) is 5.75 Å². The molecule has 1 rings (SSSR count). The van der Waals surface area contributed by atoms with Gasteiger partial charge in [0.1, 0.15) is 5.75 Å². The zero-order valence-corrected chi connectivity index (χ0v) is 11.1. The van der Waals surface area contributed by atoms with E-state index in [-0.39, 0.29) is 12.4 Å². The first-order chi connectivity index (χ1) is 9.15. The molecule has 0 aliphatic carbocycles. The smallest absolute Gasteiger partial charge is 0.387 e. The Morgan fingerprint density at radius 3 is 2.47 bits per heavy atom. The van der Waals surface area contributed by atoms with E-state index in [0.29, 0.717) is 12.5 Å². The van der Waals surface area contributed by atoms with Crippen LogP contribution in [-0.2, 0) is 6.54 Å². The summed E-state index contributed by atoms with van der Waals surface area (Å²) < 4.78 is 28.2. The number of aliphatic hydroxyl groups is 1. The molecule has 2 N–H and O–H groups in total. The van der Waals surface area contributed by atoms with E-state index in [2.05, 4.69) is 17.0 Å². The van der Waals surface area contributed by atoms with Crippen LogP contribution in [0.25, 0.3) is 0 Å². The van der Waals surface area contributed by atoms with Crippen LogP contribution in [0.4, 0.5) is 8.78 Å². The lowest BCUT2D eigenvalue weighted by molar-refractivity contribution is -0.0498. The van der Waals surface area contributed by atoms with Crippen molar-refractivity contribution in [1.29, 1.82) is 0 Å². The van der Waals surface area contributed by atoms with Gasteiger partial charge in [-0.3, -0.25) is 0 Å². The molecular weight excluding hydrogens is 252 g/mol. The Kier molecular flexibility index (Phi) is 7.36. The quantitative estimate of drug-likeness (QED) is 0.727.